The van der Waals surface area contributed by atoms with Gasteiger partial charge in [-0.25, -0.2) is 4.98 Å². The number of carbonyl (C=O) groups excluding carboxylic acids is 1. The molecule has 1 aliphatic carbocycles. The Bertz CT molecular complexity index is 782. The van der Waals surface area contributed by atoms with Gasteiger partial charge >= 0.3 is 0 Å². The third-order valence-electron chi connectivity index (χ3n) is 4.99. The number of aromatic nitrogens is 2. The summed E-state index contributed by atoms with van der Waals surface area (Å²) >= 11 is 0. The van der Waals surface area contributed by atoms with Crippen molar-refractivity contribution in [1.29, 1.82) is 0 Å². The largest absolute Gasteiger partial charge is 0.359 e. The lowest BCUT2D eigenvalue weighted by Gasteiger charge is -2.38. The fraction of sp³-hybridized carbons (Fsp3) is 0.500. The molecule has 134 valence electrons. The van der Waals surface area contributed by atoms with Crippen LogP contribution in [0, 0.1) is 5.92 Å². The molecule has 7 heteroatoms. The number of piperazine rings is 1. The summed E-state index contributed by atoms with van der Waals surface area (Å²) in [5.74, 6) is 0.607. The first-order valence-electron chi connectivity index (χ1n) is 8.52. The van der Waals surface area contributed by atoms with Crippen LogP contribution >= 0.6 is 0 Å². The van der Waals surface area contributed by atoms with Gasteiger partial charge in [-0.15, -0.1) is 0 Å². The van der Waals surface area contributed by atoms with E-state index in [0.29, 0.717) is 5.82 Å². The lowest BCUT2D eigenvalue weighted by Crippen LogP contribution is -2.55. The SMILES string of the molecule is CC1C=C(C2C(=O)N(C)CCN2C)C=CC1Nc1nccn(C)c1=O. The van der Waals surface area contributed by atoms with Crippen LogP contribution in [0.15, 0.2) is 41.0 Å². The number of likely N-dealkylation sites (N-methyl/N-ethyl adjacent to an activating group) is 2. The number of amides is 1. The summed E-state index contributed by atoms with van der Waals surface area (Å²) in [5.41, 5.74) is 0.861. The third kappa shape index (κ3) is 3.37. The van der Waals surface area contributed by atoms with Gasteiger partial charge in [-0.3, -0.25) is 14.5 Å². The monoisotopic (exact) mass is 343 g/mol. The van der Waals surface area contributed by atoms with E-state index in [2.05, 4.69) is 28.2 Å². The third-order valence-corrected chi connectivity index (χ3v) is 4.99. The lowest BCUT2D eigenvalue weighted by molar-refractivity contribution is -0.137. The normalized spacial score (nSPS) is 27.4. The van der Waals surface area contributed by atoms with Gasteiger partial charge in [0.05, 0.1) is 6.04 Å². The van der Waals surface area contributed by atoms with Crippen LogP contribution in [0.25, 0.3) is 0 Å². The minimum absolute atomic E-state index is 0.0342. The molecule has 2 aliphatic rings. The van der Waals surface area contributed by atoms with Crippen molar-refractivity contribution in [2.24, 2.45) is 13.0 Å². The standard InChI is InChI=1S/C18H25N5O2/c1-12-11-13(15-17(24)23(4)10-9-21(15)2)5-6-14(12)20-16-18(25)22(3)8-7-19-16/h5-8,11-12,14-15H,9-10H2,1-4H3,(H,19,20). The van der Waals surface area contributed by atoms with Crippen molar-refractivity contribution in [3.05, 3.63) is 46.5 Å². The summed E-state index contributed by atoms with van der Waals surface area (Å²) in [6, 6.07) is -0.269. The molecule has 0 aromatic carbocycles. The predicted octanol–water partition coefficient (Wildman–Crippen LogP) is 0.465. The molecule has 0 spiro atoms. The number of carbonyl (C=O) groups is 1. The van der Waals surface area contributed by atoms with Crippen molar-refractivity contribution in [1.82, 2.24) is 19.4 Å². The second-order valence-electron chi connectivity index (χ2n) is 6.89. The number of hydrogen-bond acceptors (Lipinski definition) is 5. The van der Waals surface area contributed by atoms with E-state index >= 15 is 0 Å². The summed E-state index contributed by atoms with van der Waals surface area (Å²) in [6.07, 6.45) is 9.36. The quantitative estimate of drug-likeness (QED) is 0.864. The van der Waals surface area contributed by atoms with Crippen LogP contribution < -0.4 is 10.9 Å². The fourth-order valence-electron chi connectivity index (χ4n) is 3.31. The first kappa shape index (κ1) is 17.4. The van der Waals surface area contributed by atoms with Crippen molar-refractivity contribution in [2.45, 2.75) is 19.0 Å². The molecule has 1 aromatic rings. The van der Waals surface area contributed by atoms with Crippen LogP contribution in [-0.4, -0.2) is 64.5 Å². The molecular weight excluding hydrogens is 318 g/mol. The van der Waals surface area contributed by atoms with Gasteiger partial charge in [-0.2, -0.15) is 0 Å². The van der Waals surface area contributed by atoms with Crippen LogP contribution in [0.5, 0.6) is 0 Å². The van der Waals surface area contributed by atoms with Gasteiger partial charge < -0.3 is 14.8 Å². The van der Waals surface area contributed by atoms with E-state index in [1.165, 1.54) is 4.57 Å². The smallest absolute Gasteiger partial charge is 0.293 e. The Labute approximate surface area is 147 Å². The van der Waals surface area contributed by atoms with Crippen LogP contribution in [0.1, 0.15) is 6.92 Å². The molecule has 1 saturated heterocycles. The van der Waals surface area contributed by atoms with Gasteiger partial charge in [-0.1, -0.05) is 25.2 Å². The minimum Gasteiger partial charge on any atom is -0.359 e. The molecule has 2 heterocycles. The van der Waals surface area contributed by atoms with E-state index in [4.69, 9.17) is 0 Å². The van der Waals surface area contributed by atoms with E-state index in [1.807, 2.05) is 26.2 Å². The average molecular weight is 343 g/mol. The highest BCUT2D eigenvalue weighted by Gasteiger charge is 2.34. The van der Waals surface area contributed by atoms with Crippen LogP contribution in [0.3, 0.4) is 0 Å². The van der Waals surface area contributed by atoms with Crippen molar-refractivity contribution in [3.63, 3.8) is 0 Å². The highest BCUT2D eigenvalue weighted by atomic mass is 16.2. The van der Waals surface area contributed by atoms with E-state index < -0.39 is 0 Å². The van der Waals surface area contributed by atoms with Gasteiger partial charge in [0.2, 0.25) is 5.91 Å². The molecule has 1 fully saturated rings. The van der Waals surface area contributed by atoms with E-state index in [0.717, 1.165) is 18.7 Å². The zero-order valence-corrected chi connectivity index (χ0v) is 15.1. The Hall–Kier alpha value is -2.41. The predicted molar refractivity (Wildman–Crippen MR) is 97.3 cm³/mol. The summed E-state index contributed by atoms with van der Waals surface area (Å²) < 4.78 is 1.50. The highest BCUT2D eigenvalue weighted by molar-refractivity contribution is 5.86. The van der Waals surface area contributed by atoms with E-state index in [1.54, 1.807) is 24.3 Å². The number of nitrogens with zero attached hydrogens (tertiary/aromatic N) is 4. The van der Waals surface area contributed by atoms with E-state index in [9.17, 15) is 9.59 Å². The maximum atomic E-state index is 12.5. The van der Waals surface area contributed by atoms with Gasteiger partial charge in [0.1, 0.15) is 6.04 Å². The fourth-order valence-corrected chi connectivity index (χ4v) is 3.31. The van der Waals surface area contributed by atoms with Crippen molar-refractivity contribution >= 4 is 11.7 Å². The Kier molecular flexibility index (Phi) is 4.76. The van der Waals surface area contributed by atoms with Gasteiger partial charge in [-0.05, 0) is 18.5 Å². The highest BCUT2D eigenvalue weighted by Crippen LogP contribution is 2.25. The van der Waals surface area contributed by atoms with Gasteiger partial charge in [0.25, 0.3) is 5.56 Å². The van der Waals surface area contributed by atoms with Crippen molar-refractivity contribution in [2.75, 3.05) is 32.5 Å². The summed E-state index contributed by atoms with van der Waals surface area (Å²) in [6.45, 7) is 3.69. The second kappa shape index (κ2) is 6.84. The zero-order valence-electron chi connectivity index (χ0n) is 15.1. The van der Waals surface area contributed by atoms with Gasteiger partial charge in [0.15, 0.2) is 5.82 Å². The molecular formula is C18H25N5O2. The Morgan fingerprint density at radius 1 is 1.20 bits per heavy atom. The molecule has 25 heavy (non-hydrogen) atoms. The van der Waals surface area contributed by atoms with Gasteiger partial charge in [0, 0.05) is 39.6 Å². The van der Waals surface area contributed by atoms with Crippen LogP contribution in [-0.2, 0) is 11.8 Å². The second-order valence-corrected chi connectivity index (χ2v) is 6.89. The first-order chi connectivity index (χ1) is 11.9. The molecule has 1 N–H and O–H groups in total. The molecule has 3 atom stereocenters. The first-order valence-corrected chi connectivity index (χ1v) is 8.52. The molecule has 0 radical (unpaired) electrons. The van der Waals surface area contributed by atoms with E-state index in [-0.39, 0.29) is 29.5 Å². The molecule has 1 aromatic heterocycles. The zero-order chi connectivity index (χ0) is 18.1. The number of aryl methyl sites for hydroxylation is 1. The summed E-state index contributed by atoms with van der Waals surface area (Å²) in [4.78, 5) is 32.7. The maximum Gasteiger partial charge on any atom is 0.293 e. The summed E-state index contributed by atoms with van der Waals surface area (Å²) in [7, 11) is 5.53. The Morgan fingerprint density at radius 3 is 2.68 bits per heavy atom. The minimum atomic E-state index is -0.235. The molecule has 1 amide bonds. The summed E-state index contributed by atoms with van der Waals surface area (Å²) in [5, 5.41) is 3.21. The molecule has 7 nitrogen and oxygen atoms in total. The molecule has 3 unspecified atom stereocenters. The molecule has 0 bridgehead atoms. The lowest BCUT2D eigenvalue weighted by atomic mass is 9.88. The van der Waals surface area contributed by atoms with Crippen molar-refractivity contribution in [3.8, 4) is 0 Å². The number of anilines is 1. The Balaban J connectivity index is 1.78. The topological polar surface area (TPSA) is 70.5 Å². The number of nitrogens with one attached hydrogen (secondary N) is 1. The van der Waals surface area contributed by atoms with Crippen LogP contribution in [0.2, 0.25) is 0 Å². The Morgan fingerprint density at radius 2 is 1.96 bits per heavy atom. The molecule has 0 saturated carbocycles. The maximum absolute atomic E-state index is 12.5. The van der Waals surface area contributed by atoms with Crippen molar-refractivity contribution < 1.29 is 4.79 Å². The number of hydrogen-bond donors (Lipinski definition) is 1. The average Bonchev–Trinajstić information content (AvgIpc) is 2.58. The molecule has 1 aliphatic heterocycles. The van der Waals surface area contributed by atoms with Crippen LogP contribution in [0.4, 0.5) is 5.82 Å². The molecule has 3 rings (SSSR count). The number of rotatable bonds is 3.